The van der Waals surface area contributed by atoms with Gasteiger partial charge in [-0.2, -0.15) is 0 Å². The second kappa shape index (κ2) is 5.73. The van der Waals surface area contributed by atoms with Crippen molar-refractivity contribution in [3.05, 3.63) is 38.4 Å². The lowest BCUT2D eigenvalue weighted by Crippen LogP contribution is -2.37. The number of nitrogens with two attached hydrogens (primary N) is 1. The summed E-state index contributed by atoms with van der Waals surface area (Å²) >= 11 is 0. The van der Waals surface area contributed by atoms with Crippen LogP contribution < -0.4 is 11.1 Å². The van der Waals surface area contributed by atoms with E-state index in [1.54, 1.807) is 0 Å². The van der Waals surface area contributed by atoms with E-state index in [2.05, 4.69) is 5.32 Å². The Balaban J connectivity index is 2.97. The SMILES string of the molecule is NC(CNc1ccc([N+](=O)[O-])cc1[N+](=O)[O-])C(=O)O. The third kappa shape index (κ3) is 3.61. The predicted octanol–water partition coefficient (Wildman–Crippen LogP) is 0.327. The molecule has 0 radical (unpaired) electrons. The summed E-state index contributed by atoms with van der Waals surface area (Å²) in [5.74, 6) is -1.27. The number of carboxylic acid groups (broad SMARTS) is 1. The van der Waals surface area contributed by atoms with Crippen LogP contribution in [-0.4, -0.2) is 33.5 Å². The smallest absolute Gasteiger partial charge is 0.322 e. The van der Waals surface area contributed by atoms with Gasteiger partial charge < -0.3 is 16.2 Å². The zero-order valence-electron chi connectivity index (χ0n) is 9.48. The molecule has 4 N–H and O–H groups in total. The molecule has 10 nitrogen and oxygen atoms in total. The van der Waals surface area contributed by atoms with Crippen molar-refractivity contribution in [2.45, 2.75) is 6.04 Å². The lowest BCUT2D eigenvalue weighted by atomic mass is 10.2. The molecule has 1 atom stereocenters. The summed E-state index contributed by atoms with van der Waals surface area (Å²) in [7, 11) is 0. The number of carboxylic acids is 1. The number of rotatable bonds is 6. The maximum Gasteiger partial charge on any atom is 0.322 e. The Labute approximate surface area is 106 Å². The van der Waals surface area contributed by atoms with Crippen molar-refractivity contribution in [1.29, 1.82) is 0 Å². The molecule has 0 fully saturated rings. The van der Waals surface area contributed by atoms with Gasteiger partial charge in [-0.15, -0.1) is 0 Å². The van der Waals surface area contributed by atoms with Crippen LogP contribution in [0.15, 0.2) is 18.2 Å². The van der Waals surface area contributed by atoms with E-state index in [1.165, 1.54) is 0 Å². The normalized spacial score (nSPS) is 11.6. The predicted molar refractivity (Wildman–Crippen MR) is 63.9 cm³/mol. The van der Waals surface area contributed by atoms with Gasteiger partial charge in [-0.3, -0.25) is 25.0 Å². The summed E-state index contributed by atoms with van der Waals surface area (Å²) in [4.78, 5) is 30.2. The zero-order valence-corrected chi connectivity index (χ0v) is 9.48. The average molecular weight is 270 g/mol. The molecule has 1 aromatic carbocycles. The third-order valence-corrected chi connectivity index (χ3v) is 2.22. The maximum atomic E-state index is 10.8. The van der Waals surface area contributed by atoms with Gasteiger partial charge in [-0.05, 0) is 6.07 Å². The Bertz CT molecular complexity index is 531. The zero-order chi connectivity index (χ0) is 14.6. The lowest BCUT2D eigenvalue weighted by molar-refractivity contribution is -0.393. The van der Waals surface area contributed by atoms with Gasteiger partial charge in [0.2, 0.25) is 0 Å². The Kier molecular flexibility index (Phi) is 4.32. The molecule has 0 aliphatic rings. The number of nitro groups is 2. The fourth-order valence-corrected chi connectivity index (χ4v) is 1.24. The monoisotopic (exact) mass is 270 g/mol. The van der Waals surface area contributed by atoms with Crippen molar-refractivity contribution in [2.75, 3.05) is 11.9 Å². The Morgan fingerprint density at radius 1 is 1.37 bits per heavy atom. The molecular weight excluding hydrogens is 260 g/mol. The van der Waals surface area contributed by atoms with E-state index in [-0.39, 0.29) is 12.2 Å². The molecule has 10 heteroatoms. The van der Waals surface area contributed by atoms with Gasteiger partial charge in [0.05, 0.1) is 15.9 Å². The molecule has 1 aromatic rings. The summed E-state index contributed by atoms with van der Waals surface area (Å²) in [6.45, 7) is -0.242. The van der Waals surface area contributed by atoms with Crippen LogP contribution in [0.3, 0.4) is 0 Å². The average Bonchev–Trinajstić information content (AvgIpc) is 2.35. The number of hydrogen-bond acceptors (Lipinski definition) is 7. The van der Waals surface area contributed by atoms with Gasteiger partial charge in [-0.25, -0.2) is 0 Å². The van der Waals surface area contributed by atoms with Gasteiger partial charge in [0.25, 0.3) is 11.4 Å². The number of nitro benzene ring substituents is 2. The number of benzene rings is 1. The molecule has 0 aromatic heterocycles. The van der Waals surface area contributed by atoms with E-state index in [1.807, 2.05) is 0 Å². The van der Waals surface area contributed by atoms with Crippen molar-refractivity contribution in [3.8, 4) is 0 Å². The summed E-state index contributed by atoms with van der Waals surface area (Å²) < 4.78 is 0. The lowest BCUT2D eigenvalue weighted by Gasteiger charge is -2.09. The van der Waals surface area contributed by atoms with Gasteiger partial charge >= 0.3 is 5.97 Å². The quantitative estimate of drug-likeness (QED) is 0.491. The van der Waals surface area contributed by atoms with Gasteiger partial charge in [0, 0.05) is 12.6 Å². The first-order valence-corrected chi connectivity index (χ1v) is 4.98. The van der Waals surface area contributed by atoms with Gasteiger partial charge in [0.1, 0.15) is 11.7 Å². The standard InChI is InChI=1S/C9H10N4O6/c10-6(9(14)15)4-11-7-2-1-5(12(16)17)3-8(7)13(18)19/h1-3,6,11H,4,10H2,(H,14,15). The number of anilines is 1. The maximum absolute atomic E-state index is 10.8. The number of aliphatic carboxylic acids is 1. The minimum atomic E-state index is -1.27. The minimum absolute atomic E-state index is 0.0349. The summed E-state index contributed by atoms with van der Waals surface area (Å²) in [5, 5.41) is 32.3. The summed E-state index contributed by atoms with van der Waals surface area (Å²) in [6.07, 6.45) is 0. The van der Waals surface area contributed by atoms with Crippen LogP contribution >= 0.6 is 0 Å². The first-order chi connectivity index (χ1) is 8.82. The van der Waals surface area contributed by atoms with Crippen LogP contribution in [0, 0.1) is 20.2 Å². The molecule has 0 saturated heterocycles. The van der Waals surface area contributed by atoms with E-state index in [9.17, 15) is 25.0 Å². The molecule has 0 spiro atoms. The van der Waals surface area contributed by atoms with Crippen molar-refractivity contribution < 1.29 is 19.7 Å². The van der Waals surface area contributed by atoms with Crippen LogP contribution in [0.25, 0.3) is 0 Å². The minimum Gasteiger partial charge on any atom is -0.480 e. The van der Waals surface area contributed by atoms with Crippen LogP contribution in [0.1, 0.15) is 0 Å². The first kappa shape index (κ1) is 14.3. The molecule has 0 amide bonds. The fourth-order valence-electron chi connectivity index (χ4n) is 1.24. The number of nitrogens with one attached hydrogen (secondary N) is 1. The van der Waals surface area contributed by atoms with Crippen LogP contribution in [0.4, 0.5) is 17.1 Å². The topological polar surface area (TPSA) is 162 Å². The molecule has 0 saturated carbocycles. The van der Waals surface area contributed by atoms with Crippen LogP contribution in [-0.2, 0) is 4.79 Å². The van der Waals surface area contributed by atoms with E-state index in [0.717, 1.165) is 18.2 Å². The van der Waals surface area contributed by atoms with Crippen molar-refractivity contribution in [1.82, 2.24) is 0 Å². The third-order valence-electron chi connectivity index (χ3n) is 2.22. The van der Waals surface area contributed by atoms with Gasteiger partial charge in [-0.1, -0.05) is 0 Å². The second-order valence-electron chi connectivity index (χ2n) is 3.54. The van der Waals surface area contributed by atoms with Crippen LogP contribution in [0.2, 0.25) is 0 Å². The highest BCUT2D eigenvalue weighted by Gasteiger charge is 2.20. The Hall–Kier alpha value is -2.75. The second-order valence-corrected chi connectivity index (χ2v) is 3.54. The van der Waals surface area contributed by atoms with Crippen molar-refractivity contribution >= 4 is 23.0 Å². The largest absolute Gasteiger partial charge is 0.480 e. The molecular formula is C9H10N4O6. The number of hydrogen-bond donors (Lipinski definition) is 3. The number of carbonyl (C=O) groups is 1. The molecule has 1 unspecified atom stereocenters. The summed E-state index contributed by atoms with van der Waals surface area (Å²) in [6, 6.07) is 1.75. The molecule has 1 rings (SSSR count). The van der Waals surface area contributed by atoms with E-state index in [0.29, 0.717) is 0 Å². The molecule has 0 bridgehead atoms. The molecule has 0 heterocycles. The van der Waals surface area contributed by atoms with E-state index < -0.39 is 33.2 Å². The van der Waals surface area contributed by atoms with Crippen molar-refractivity contribution in [2.24, 2.45) is 5.73 Å². The molecule has 19 heavy (non-hydrogen) atoms. The van der Waals surface area contributed by atoms with Gasteiger partial charge in [0.15, 0.2) is 0 Å². The molecule has 0 aliphatic carbocycles. The molecule has 0 aliphatic heterocycles. The van der Waals surface area contributed by atoms with E-state index in [4.69, 9.17) is 10.8 Å². The van der Waals surface area contributed by atoms with Crippen LogP contribution in [0.5, 0.6) is 0 Å². The van der Waals surface area contributed by atoms with E-state index >= 15 is 0 Å². The number of non-ortho nitro benzene ring substituents is 1. The number of nitrogens with zero attached hydrogens (tertiary/aromatic N) is 2. The summed E-state index contributed by atoms with van der Waals surface area (Å²) in [5.41, 5.74) is 4.24. The van der Waals surface area contributed by atoms with Crippen molar-refractivity contribution in [3.63, 3.8) is 0 Å². The Morgan fingerprint density at radius 3 is 2.47 bits per heavy atom. The highest BCUT2D eigenvalue weighted by atomic mass is 16.6. The Morgan fingerprint density at radius 2 is 2.00 bits per heavy atom. The molecule has 102 valence electrons. The fraction of sp³-hybridized carbons (Fsp3) is 0.222. The highest BCUT2D eigenvalue weighted by molar-refractivity contribution is 5.74. The first-order valence-electron chi connectivity index (χ1n) is 4.98. The highest BCUT2D eigenvalue weighted by Crippen LogP contribution is 2.28.